The summed E-state index contributed by atoms with van der Waals surface area (Å²) in [5.41, 5.74) is 2.28. The van der Waals surface area contributed by atoms with E-state index in [4.69, 9.17) is 37.9 Å². The monoisotopic (exact) mass is 669 g/mol. The number of hydrogen-bond donors (Lipinski definition) is 1. The van der Waals surface area contributed by atoms with Crippen molar-refractivity contribution in [1.82, 2.24) is 4.90 Å². The van der Waals surface area contributed by atoms with E-state index in [0.717, 1.165) is 31.9 Å². The second-order valence-corrected chi connectivity index (χ2v) is 10.9. The largest absolute Gasteiger partial charge is 0.465 e. The lowest BCUT2D eigenvalue weighted by atomic mass is 9.98. The molecule has 2 amide bonds. The Morgan fingerprint density at radius 2 is 1.42 bits per heavy atom. The maximum Gasteiger partial charge on any atom is 0.414 e. The first-order valence-corrected chi connectivity index (χ1v) is 14.8. The van der Waals surface area contributed by atoms with Gasteiger partial charge in [0.15, 0.2) is 12.2 Å². The second kappa shape index (κ2) is 15.4. The molecule has 2 heterocycles. The molecular formula is C33H35NO14. The number of carboxylic acid groups (broad SMARTS) is 1. The zero-order chi connectivity index (χ0) is 35.1. The molecule has 15 heteroatoms. The summed E-state index contributed by atoms with van der Waals surface area (Å²) in [5, 5.41) is 9.64. The molecule has 1 aliphatic heterocycles. The molecule has 1 aliphatic rings. The molecule has 4 rings (SSSR count). The van der Waals surface area contributed by atoms with Gasteiger partial charge in [-0.05, 0) is 42.7 Å². The fourth-order valence-electron chi connectivity index (χ4n) is 5.18. The maximum absolute atomic E-state index is 12.3. The predicted molar refractivity (Wildman–Crippen MR) is 163 cm³/mol. The first kappa shape index (κ1) is 35.4. The fraction of sp³-hybridized carbons (Fsp3) is 0.394. The van der Waals surface area contributed by atoms with E-state index < -0.39 is 73.2 Å². The standard InChI is InChI=1S/C33H35NO14/c1-17(35)42-16-26-28(44-18(2)36)29(45-19(3)37)30(46-20(4)38)32(48-26)47-25-8-6-7-24-27(25)23(15-43-24)14-11-21-9-12-22(13-10-21)31(39)34(5)33(40)41/h6-10,12-13,15,26,28-30,32H,11,14,16H2,1-5H3,(H,40,41)/t26-,28-,29+,30-,32-/m1/s1. The van der Waals surface area contributed by atoms with Gasteiger partial charge in [-0.1, -0.05) is 18.2 Å². The van der Waals surface area contributed by atoms with Crippen LogP contribution in [0.15, 0.2) is 53.1 Å². The molecule has 1 N–H and O–H groups in total. The fourth-order valence-corrected chi connectivity index (χ4v) is 5.18. The van der Waals surface area contributed by atoms with E-state index in [1.54, 1.807) is 48.7 Å². The Kier molecular flexibility index (Phi) is 11.4. The van der Waals surface area contributed by atoms with E-state index >= 15 is 0 Å². The number of amides is 2. The highest BCUT2D eigenvalue weighted by atomic mass is 16.7. The normalized spacial score (nSPS) is 20.3. The SMILES string of the molecule is CC(=O)OC[C@H]1O[C@@H](Oc2cccc3occ(CCc4ccc(C(=O)N(C)C(=O)O)cc4)c23)[C@H](OC(C)=O)[C@@H](OC(C)=O)[C@@H]1OC(C)=O. The van der Waals surface area contributed by atoms with E-state index in [9.17, 15) is 28.8 Å². The van der Waals surface area contributed by atoms with Crippen LogP contribution in [0.1, 0.15) is 49.2 Å². The van der Waals surface area contributed by atoms with Crippen molar-refractivity contribution in [2.24, 2.45) is 0 Å². The van der Waals surface area contributed by atoms with Crippen LogP contribution in [0.25, 0.3) is 11.0 Å². The van der Waals surface area contributed by atoms with Crippen LogP contribution >= 0.6 is 0 Å². The Labute approximate surface area is 274 Å². The highest BCUT2D eigenvalue weighted by Gasteiger charge is 2.53. The molecule has 1 fully saturated rings. The van der Waals surface area contributed by atoms with Crippen LogP contribution in [0.3, 0.4) is 0 Å². The van der Waals surface area contributed by atoms with E-state index in [1.807, 2.05) is 0 Å². The number of hydrogen-bond acceptors (Lipinski definition) is 13. The molecule has 0 aliphatic carbocycles. The van der Waals surface area contributed by atoms with Gasteiger partial charge in [-0.2, -0.15) is 0 Å². The molecule has 0 spiro atoms. The van der Waals surface area contributed by atoms with Crippen LogP contribution in [0.2, 0.25) is 0 Å². The molecule has 48 heavy (non-hydrogen) atoms. The lowest BCUT2D eigenvalue weighted by Gasteiger charge is -2.44. The average molecular weight is 670 g/mol. The molecule has 3 aromatic rings. The molecule has 2 aromatic carbocycles. The highest BCUT2D eigenvalue weighted by molar-refractivity contribution is 6.02. The zero-order valence-electron chi connectivity index (χ0n) is 26.8. The van der Waals surface area contributed by atoms with Gasteiger partial charge in [0.25, 0.3) is 5.91 Å². The van der Waals surface area contributed by atoms with Crippen molar-refractivity contribution >= 4 is 46.8 Å². The smallest absolute Gasteiger partial charge is 0.414 e. The summed E-state index contributed by atoms with van der Waals surface area (Å²) in [4.78, 5) is 72.1. The van der Waals surface area contributed by atoms with Gasteiger partial charge in [-0.25, -0.2) is 9.69 Å². The number of benzene rings is 2. The van der Waals surface area contributed by atoms with E-state index in [-0.39, 0.29) is 11.3 Å². The second-order valence-electron chi connectivity index (χ2n) is 10.9. The Bertz CT molecular complexity index is 1680. The van der Waals surface area contributed by atoms with Crippen molar-refractivity contribution in [3.05, 3.63) is 65.4 Å². The summed E-state index contributed by atoms with van der Waals surface area (Å²) < 4.78 is 39.7. The number of ether oxygens (including phenoxy) is 6. The third-order valence-electron chi connectivity index (χ3n) is 7.30. The van der Waals surface area contributed by atoms with Crippen molar-refractivity contribution in [3.8, 4) is 5.75 Å². The lowest BCUT2D eigenvalue weighted by Crippen LogP contribution is -2.63. The van der Waals surface area contributed by atoms with Gasteiger partial charge in [0.2, 0.25) is 12.4 Å². The van der Waals surface area contributed by atoms with Crippen LogP contribution in [0.5, 0.6) is 5.75 Å². The van der Waals surface area contributed by atoms with Crippen molar-refractivity contribution in [2.75, 3.05) is 13.7 Å². The predicted octanol–water partition coefficient (Wildman–Crippen LogP) is 3.43. The van der Waals surface area contributed by atoms with E-state index in [2.05, 4.69) is 0 Å². The van der Waals surface area contributed by atoms with Crippen LogP contribution in [0.4, 0.5) is 4.79 Å². The van der Waals surface area contributed by atoms with Crippen LogP contribution in [-0.4, -0.2) is 90.2 Å². The van der Waals surface area contributed by atoms with Crippen molar-refractivity contribution in [3.63, 3.8) is 0 Å². The van der Waals surface area contributed by atoms with E-state index in [0.29, 0.717) is 28.7 Å². The van der Waals surface area contributed by atoms with Gasteiger partial charge in [-0.15, -0.1) is 0 Å². The third-order valence-corrected chi connectivity index (χ3v) is 7.30. The Morgan fingerprint density at radius 3 is 2.02 bits per heavy atom. The number of esters is 4. The quantitative estimate of drug-likeness (QED) is 0.230. The van der Waals surface area contributed by atoms with Gasteiger partial charge in [-0.3, -0.25) is 24.0 Å². The molecule has 1 saturated heterocycles. The minimum Gasteiger partial charge on any atom is -0.465 e. The van der Waals surface area contributed by atoms with Gasteiger partial charge >= 0.3 is 30.0 Å². The minimum atomic E-state index is -1.44. The summed E-state index contributed by atoms with van der Waals surface area (Å²) in [6.45, 7) is 4.16. The summed E-state index contributed by atoms with van der Waals surface area (Å²) >= 11 is 0. The number of nitrogens with zero attached hydrogens (tertiary/aromatic N) is 1. The molecule has 0 saturated carbocycles. The number of rotatable bonds is 11. The molecule has 1 aromatic heterocycles. The Hall–Kier alpha value is -5.44. The van der Waals surface area contributed by atoms with Crippen LogP contribution < -0.4 is 4.74 Å². The first-order chi connectivity index (χ1) is 22.7. The number of aryl methyl sites for hydroxylation is 2. The van der Waals surface area contributed by atoms with Crippen LogP contribution in [0, 0.1) is 0 Å². The highest BCUT2D eigenvalue weighted by Crippen LogP contribution is 2.36. The number of fused-ring (bicyclic) bond motifs is 1. The number of carbonyl (C=O) groups excluding carboxylic acids is 5. The van der Waals surface area contributed by atoms with Crippen molar-refractivity contribution in [2.45, 2.75) is 71.2 Å². The number of furan rings is 1. The Balaban J connectivity index is 1.64. The average Bonchev–Trinajstić information content (AvgIpc) is 3.44. The molecule has 15 nitrogen and oxygen atoms in total. The third kappa shape index (κ3) is 8.67. The summed E-state index contributed by atoms with van der Waals surface area (Å²) in [6, 6.07) is 11.6. The molecule has 5 atom stereocenters. The summed E-state index contributed by atoms with van der Waals surface area (Å²) in [5.74, 6) is -3.33. The minimum absolute atomic E-state index is 0.220. The first-order valence-electron chi connectivity index (χ1n) is 14.8. The van der Waals surface area contributed by atoms with Gasteiger partial charge in [0.1, 0.15) is 24.0 Å². The van der Waals surface area contributed by atoms with Crippen LogP contribution in [-0.2, 0) is 55.7 Å². The Morgan fingerprint density at radius 1 is 0.792 bits per heavy atom. The summed E-state index contributed by atoms with van der Waals surface area (Å²) in [6.07, 6.45) is -5.62. The molecule has 256 valence electrons. The molecule has 0 unspecified atom stereocenters. The topological polar surface area (TPSA) is 194 Å². The molecule has 0 bridgehead atoms. The zero-order valence-corrected chi connectivity index (χ0v) is 26.8. The summed E-state index contributed by atoms with van der Waals surface area (Å²) in [7, 11) is 1.17. The van der Waals surface area contributed by atoms with Crippen molar-refractivity contribution in [1.29, 1.82) is 0 Å². The lowest BCUT2D eigenvalue weighted by molar-refractivity contribution is -0.288. The number of carbonyl (C=O) groups is 6. The number of imide groups is 1. The molecule has 0 radical (unpaired) electrons. The van der Waals surface area contributed by atoms with Gasteiger partial charge in [0, 0.05) is 45.9 Å². The van der Waals surface area contributed by atoms with Crippen molar-refractivity contribution < 1.29 is 66.7 Å². The molecular weight excluding hydrogens is 634 g/mol. The van der Waals surface area contributed by atoms with Gasteiger partial charge in [0.05, 0.1) is 11.6 Å². The van der Waals surface area contributed by atoms with E-state index in [1.165, 1.54) is 14.0 Å². The maximum atomic E-state index is 12.3. The van der Waals surface area contributed by atoms with Gasteiger partial charge < -0.3 is 37.9 Å².